The minimum Gasteiger partial charge on any atom is -0.392 e. The molecule has 5 nitrogen and oxygen atoms in total. The number of rotatable bonds is 2. The second-order valence-electron chi connectivity index (χ2n) is 3.35. The van der Waals surface area contributed by atoms with E-state index in [1.165, 1.54) is 13.0 Å². The smallest absolute Gasteiger partial charge is 0.278 e. The van der Waals surface area contributed by atoms with Crippen molar-refractivity contribution in [3.05, 3.63) is 22.4 Å². The van der Waals surface area contributed by atoms with E-state index in [1.807, 2.05) is 13.8 Å². The van der Waals surface area contributed by atoms with E-state index in [1.54, 1.807) is 14.0 Å². The highest BCUT2D eigenvalue weighted by molar-refractivity contribution is 6.50. The maximum atomic E-state index is 11.6. The van der Waals surface area contributed by atoms with Crippen LogP contribution in [0.2, 0.25) is 0 Å². The molecule has 2 N–H and O–H groups in total. The number of imide groups is 1. The summed E-state index contributed by atoms with van der Waals surface area (Å²) in [6.07, 6.45) is 1.39. The van der Waals surface area contributed by atoms with Gasteiger partial charge in [-0.05, 0) is 19.9 Å². The standard InChI is InChI=1S/C10H12ClN3O2.C2H6/c1-5(13-3)4-7(12)14-9(15)6(2)8(11)10(14)16;1-2/h4,12-13H,1-3H3;1-2H3/b5-4-,12-7?;. The molecular weight excluding hydrogens is 254 g/mol. The quantitative estimate of drug-likeness (QED) is 0.458. The van der Waals surface area contributed by atoms with E-state index in [0.29, 0.717) is 5.70 Å². The van der Waals surface area contributed by atoms with Crippen LogP contribution in [-0.4, -0.2) is 29.6 Å². The maximum absolute atomic E-state index is 11.6. The number of nitrogens with one attached hydrogen (secondary N) is 2. The van der Waals surface area contributed by atoms with Crippen molar-refractivity contribution in [1.82, 2.24) is 10.2 Å². The Bertz CT molecular complexity index is 415. The van der Waals surface area contributed by atoms with Crippen LogP contribution < -0.4 is 5.32 Å². The summed E-state index contributed by atoms with van der Waals surface area (Å²) in [6, 6.07) is 0. The number of halogens is 1. The fourth-order valence-corrected chi connectivity index (χ4v) is 1.34. The fraction of sp³-hybridized carbons (Fsp3) is 0.417. The third-order valence-corrected chi connectivity index (χ3v) is 2.68. The first-order chi connectivity index (χ1) is 8.40. The van der Waals surface area contributed by atoms with Crippen LogP contribution in [0.5, 0.6) is 0 Å². The summed E-state index contributed by atoms with van der Waals surface area (Å²) in [4.78, 5) is 23.9. The molecule has 1 rings (SSSR count). The summed E-state index contributed by atoms with van der Waals surface area (Å²) in [5.41, 5.74) is 0.846. The van der Waals surface area contributed by atoms with Crippen molar-refractivity contribution >= 4 is 29.3 Å². The lowest BCUT2D eigenvalue weighted by molar-refractivity contribution is -0.132. The first kappa shape index (κ1) is 16.4. The van der Waals surface area contributed by atoms with E-state index in [4.69, 9.17) is 17.0 Å². The molecule has 0 aliphatic carbocycles. The van der Waals surface area contributed by atoms with E-state index in [0.717, 1.165) is 4.90 Å². The SMILES string of the molecule is CC.CN/C(C)=C\C(=N)N1C(=O)C(C)=C(Cl)C1=O. The normalized spacial score (nSPS) is 15.7. The summed E-state index contributed by atoms with van der Waals surface area (Å²) in [5, 5.41) is 10.3. The second kappa shape index (κ2) is 6.96. The Labute approximate surface area is 112 Å². The maximum Gasteiger partial charge on any atom is 0.278 e. The van der Waals surface area contributed by atoms with Crippen LogP contribution in [0.1, 0.15) is 27.7 Å². The molecule has 0 aromatic rings. The third-order valence-electron chi connectivity index (χ3n) is 2.23. The molecular formula is C12H18ClN3O2. The molecule has 0 fully saturated rings. The van der Waals surface area contributed by atoms with Crippen LogP contribution in [0.4, 0.5) is 0 Å². The molecule has 0 atom stereocenters. The molecule has 1 heterocycles. The number of hydrogen-bond acceptors (Lipinski definition) is 4. The lowest BCUT2D eigenvalue weighted by atomic mass is 10.3. The van der Waals surface area contributed by atoms with Gasteiger partial charge in [0.2, 0.25) is 0 Å². The van der Waals surface area contributed by atoms with Crippen LogP contribution in [-0.2, 0) is 9.59 Å². The molecule has 100 valence electrons. The molecule has 18 heavy (non-hydrogen) atoms. The minimum absolute atomic E-state index is 0.120. The molecule has 0 bridgehead atoms. The van der Waals surface area contributed by atoms with Gasteiger partial charge in [-0.3, -0.25) is 15.0 Å². The summed E-state index contributed by atoms with van der Waals surface area (Å²) < 4.78 is 0. The molecule has 1 aliphatic heterocycles. The van der Waals surface area contributed by atoms with Crippen molar-refractivity contribution in [2.45, 2.75) is 27.7 Å². The van der Waals surface area contributed by atoms with Crippen molar-refractivity contribution in [2.24, 2.45) is 0 Å². The van der Waals surface area contributed by atoms with Crippen LogP contribution in [0.3, 0.4) is 0 Å². The van der Waals surface area contributed by atoms with Gasteiger partial charge in [0.25, 0.3) is 11.8 Å². The molecule has 2 amide bonds. The molecule has 0 saturated carbocycles. The van der Waals surface area contributed by atoms with Crippen LogP contribution in [0.25, 0.3) is 0 Å². The van der Waals surface area contributed by atoms with E-state index in [-0.39, 0.29) is 16.4 Å². The molecule has 0 spiro atoms. The highest BCUT2D eigenvalue weighted by Crippen LogP contribution is 2.23. The highest BCUT2D eigenvalue weighted by Gasteiger charge is 2.36. The summed E-state index contributed by atoms with van der Waals surface area (Å²) in [7, 11) is 1.68. The highest BCUT2D eigenvalue weighted by atomic mass is 35.5. The predicted molar refractivity (Wildman–Crippen MR) is 72.3 cm³/mol. The van der Waals surface area contributed by atoms with Gasteiger partial charge < -0.3 is 5.32 Å². The predicted octanol–water partition coefficient (Wildman–Crippen LogP) is 1.99. The number of amides is 2. The fourth-order valence-electron chi connectivity index (χ4n) is 1.17. The van der Waals surface area contributed by atoms with Gasteiger partial charge >= 0.3 is 0 Å². The van der Waals surface area contributed by atoms with Gasteiger partial charge in [-0.25, -0.2) is 4.90 Å². The monoisotopic (exact) mass is 271 g/mol. The number of hydrogen-bond donors (Lipinski definition) is 2. The van der Waals surface area contributed by atoms with Gasteiger partial charge in [-0.2, -0.15) is 0 Å². The van der Waals surface area contributed by atoms with Crippen LogP contribution >= 0.6 is 11.6 Å². The molecule has 0 aromatic heterocycles. The van der Waals surface area contributed by atoms with Crippen molar-refractivity contribution in [1.29, 1.82) is 5.41 Å². The zero-order chi connectivity index (χ0) is 14.5. The first-order valence-corrected chi connectivity index (χ1v) is 5.97. The lowest BCUT2D eigenvalue weighted by Crippen LogP contribution is -2.36. The summed E-state index contributed by atoms with van der Waals surface area (Å²) in [5.74, 6) is -1.38. The third kappa shape index (κ3) is 3.20. The zero-order valence-electron chi connectivity index (χ0n) is 11.2. The van der Waals surface area contributed by atoms with Crippen molar-refractivity contribution < 1.29 is 9.59 Å². The van der Waals surface area contributed by atoms with Gasteiger partial charge in [-0.15, -0.1) is 0 Å². The number of amidine groups is 1. The Balaban J connectivity index is 0.00000137. The Kier molecular flexibility index (Phi) is 6.33. The van der Waals surface area contributed by atoms with Gasteiger partial charge in [-0.1, -0.05) is 25.4 Å². The summed E-state index contributed by atoms with van der Waals surface area (Å²) in [6.45, 7) is 7.19. The number of allylic oxidation sites excluding steroid dienone is 1. The number of nitrogens with zero attached hydrogens (tertiary/aromatic N) is 1. The number of carbonyl (C=O) groups is 2. The Hall–Kier alpha value is -1.62. The molecule has 0 radical (unpaired) electrons. The first-order valence-electron chi connectivity index (χ1n) is 5.60. The minimum atomic E-state index is -0.644. The number of carbonyl (C=O) groups excluding carboxylic acids is 2. The second-order valence-corrected chi connectivity index (χ2v) is 3.73. The zero-order valence-corrected chi connectivity index (χ0v) is 12.0. The molecule has 0 unspecified atom stereocenters. The average molecular weight is 272 g/mol. The summed E-state index contributed by atoms with van der Waals surface area (Å²) >= 11 is 5.65. The van der Waals surface area contributed by atoms with Crippen molar-refractivity contribution in [3.63, 3.8) is 0 Å². The van der Waals surface area contributed by atoms with Gasteiger partial charge in [0.15, 0.2) is 0 Å². The van der Waals surface area contributed by atoms with Crippen molar-refractivity contribution in [3.8, 4) is 0 Å². The Morgan fingerprint density at radius 1 is 1.33 bits per heavy atom. The van der Waals surface area contributed by atoms with Gasteiger partial charge in [0, 0.05) is 18.3 Å². The van der Waals surface area contributed by atoms with Crippen LogP contribution in [0, 0.1) is 5.41 Å². The van der Waals surface area contributed by atoms with E-state index >= 15 is 0 Å². The van der Waals surface area contributed by atoms with Crippen LogP contribution in [0.15, 0.2) is 22.4 Å². The van der Waals surface area contributed by atoms with E-state index in [2.05, 4.69) is 5.32 Å². The van der Waals surface area contributed by atoms with Crippen molar-refractivity contribution in [2.75, 3.05) is 7.05 Å². The Morgan fingerprint density at radius 2 is 1.83 bits per heavy atom. The molecule has 6 heteroatoms. The average Bonchev–Trinajstić information content (AvgIpc) is 2.56. The lowest BCUT2D eigenvalue weighted by Gasteiger charge is -2.13. The van der Waals surface area contributed by atoms with E-state index in [9.17, 15) is 9.59 Å². The topological polar surface area (TPSA) is 73.3 Å². The van der Waals surface area contributed by atoms with Gasteiger partial charge in [0.05, 0.1) is 0 Å². The van der Waals surface area contributed by atoms with Gasteiger partial charge in [0.1, 0.15) is 10.9 Å². The molecule has 1 aliphatic rings. The molecule has 0 aromatic carbocycles. The van der Waals surface area contributed by atoms with E-state index < -0.39 is 11.8 Å². The molecule has 0 saturated heterocycles. The Morgan fingerprint density at radius 3 is 2.17 bits per heavy atom. The largest absolute Gasteiger partial charge is 0.392 e.